The van der Waals surface area contributed by atoms with Crippen LogP contribution in [0.5, 0.6) is 0 Å². The second-order valence-electron chi connectivity index (χ2n) is 5.49. The first kappa shape index (κ1) is 13.7. The summed E-state index contributed by atoms with van der Waals surface area (Å²) in [6, 6.07) is 5.78. The predicted molar refractivity (Wildman–Crippen MR) is 82.6 cm³/mol. The van der Waals surface area contributed by atoms with Gasteiger partial charge >= 0.3 is 5.69 Å². The number of aromatic nitrogens is 3. The van der Waals surface area contributed by atoms with Gasteiger partial charge in [0.2, 0.25) is 5.89 Å². The first-order chi connectivity index (χ1) is 10.0. The largest absolute Gasteiger partial charge is 0.441 e. The molecule has 3 rings (SSSR count). The SMILES string of the molecule is CCn1c(=O)[nH]c2c(-c3nc(C(C)C)c(C)o3)cccc21. The van der Waals surface area contributed by atoms with E-state index < -0.39 is 0 Å². The van der Waals surface area contributed by atoms with Gasteiger partial charge in [-0.05, 0) is 31.9 Å². The molecule has 0 aliphatic carbocycles. The molecule has 0 saturated carbocycles. The summed E-state index contributed by atoms with van der Waals surface area (Å²) in [5.74, 6) is 1.70. The van der Waals surface area contributed by atoms with Crippen molar-refractivity contribution >= 4 is 11.0 Å². The van der Waals surface area contributed by atoms with Crippen molar-refractivity contribution in [2.75, 3.05) is 0 Å². The number of hydrogen-bond acceptors (Lipinski definition) is 3. The lowest BCUT2D eigenvalue weighted by atomic mass is 10.1. The van der Waals surface area contributed by atoms with Crippen LogP contribution in [-0.4, -0.2) is 14.5 Å². The van der Waals surface area contributed by atoms with Gasteiger partial charge in [-0.25, -0.2) is 9.78 Å². The Kier molecular flexibility index (Phi) is 3.20. The number of nitrogens with zero attached hydrogens (tertiary/aromatic N) is 2. The topological polar surface area (TPSA) is 63.8 Å². The minimum atomic E-state index is -0.104. The first-order valence-corrected chi connectivity index (χ1v) is 7.22. The van der Waals surface area contributed by atoms with Gasteiger partial charge in [0.25, 0.3) is 0 Å². The molecule has 0 bridgehead atoms. The number of imidazole rings is 1. The van der Waals surface area contributed by atoms with Crippen molar-refractivity contribution in [3.63, 3.8) is 0 Å². The van der Waals surface area contributed by atoms with E-state index in [2.05, 4.69) is 23.8 Å². The van der Waals surface area contributed by atoms with Crippen molar-refractivity contribution in [3.8, 4) is 11.5 Å². The Balaban J connectivity index is 2.26. The number of rotatable bonds is 3. The van der Waals surface area contributed by atoms with E-state index in [1.165, 1.54) is 0 Å². The Morgan fingerprint density at radius 1 is 1.38 bits per heavy atom. The molecule has 21 heavy (non-hydrogen) atoms. The van der Waals surface area contributed by atoms with E-state index in [1.807, 2.05) is 32.0 Å². The van der Waals surface area contributed by atoms with Crippen LogP contribution in [-0.2, 0) is 6.54 Å². The van der Waals surface area contributed by atoms with Crippen molar-refractivity contribution in [2.24, 2.45) is 0 Å². The van der Waals surface area contributed by atoms with Crippen LogP contribution in [0.2, 0.25) is 0 Å². The quantitative estimate of drug-likeness (QED) is 0.801. The highest BCUT2D eigenvalue weighted by atomic mass is 16.4. The predicted octanol–water partition coefficient (Wildman–Crippen LogP) is 3.44. The fourth-order valence-corrected chi connectivity index (χ4v) is 2.73. The maximum absolute atomic E-state index is 12.0. The number of benzene rings is 1. The molecular weight excluding hydrogens is 266 g/mol. The zero-order chi connectivity index (χ0) is 15.1. The van der Waals surface area contributed by atoms with Crippen LogP contribution in [0.25, 0.3) is 22.5 Å². The molecule has 0 unspecified atom stereocenters. The lowest BCUT2D eigenvalue weighted by Crippen LogP contribution is -2.14. The maximum atomic E-state index is 12.0. The Hall–Kier alpha value is -2.30. The van der Waals surface area contributed by atoms with E-state index >= 15 is 0 Å². The van der Waals surface area contributed by atoms with Gasteiger partial charge in [-0.3, -0.25) is 4.57 Å². The molecule has 0 aliphatic heterocycles. The molecule has 5 heteroatoms. The Morgan fingerprint density at radius 3 is 2.76 bits per heavy atom. The molecule has 0 spiro atoms. The maximum Gasteiger partial charge on any atom is 0.326 e. The molecule has 0 saturated heterocycles. The lowest BCUT2D eigenvalue weighted by Gasteiger charge is -2.00. The monoisotopic (exact) mass is 285 g/mol. The number of oxazole rings is 1. The molecule has 2 aromatic heterocycles. The van der Waals surface area contributed by atoms with Gasteiger partial charge in [0, 0.05) is 6.54 Å². The summed E-state index contributed by atoms with van der Waals surface area (Å²) < 4.78 is 7.52. The van der Waals surface area contributed by atoms with E-state index in [1.54, 1.807) is 4.57 Å². The normalized spacial score (nSPS) is 11.7. The van der Waals surface area contributed by atoms with E-state index in [0.717, 1.165) is 28.1 Å². The van der Waals surface area contributed by atoms with Crippen LogP contribution >= 0.6 is 0 Å². The fraction of sp³-hybridized carbons (Fsp3) is 0.375. The van der Waals surface area contributed by atoms with Crippen LogP contribution in [0.4, 0.5) is 0 Å². The minimum absolute atomic E-state index is 0.104. The number of aromatic amines is 1. The van der Waals surface area contributed by atoms with Gasteiger partial charge in [-0.15, -0.1) is 0 Å². The number of para-hydroxylation sites is 1. The second kappa shape index (κ2) is 4.91. The third-order valence-electron chi connectivity index (χ3n) is 3.74. The third-order valence-corrected chi connectivity index (χ3v) is 3.74. The lowest BCUT2D eigenvalue weighted by molar-refractivity contribution is 0.538. The minimum Gasteiger partial charge on any atom is -0.441 e. The number of nitrogens with one attached hydrogen (secondary N) is 1. The summed E-state index contributed by atoms with van der Waals surface area (Å²) >= 11 is 0. The second-order valence-corrected chi connectivity index (χ2v) is 5.49. The molecule has 2 heterocycles. The third kappa shape index (κ3) is 2.09. The molecule has 5 nitrogen and oxygen atoms in total. The Labute approximate surface area is 122 Å². The van der Waals surface area contributed by atoms with Crippen LogP contribution in [0.1, 0.15) is 38.1 Å². The first-order valence-electron chi connectivity index (χ1n) is 7.22. The number of H-pyrrole nitrogens is 1. The molecule has 1 aromatic carbocycles. The smallest absolute Gasteiger partial charge is 0.326 e. The summed E-state index contributed by atoms with van der Waals surface area (Å²) in [6.07, 6.45) is 0. The summed E-state index contributed by atoms with van der Waals surface area (Å²) in [7, 11) is 0. The van der Waals surface area contributed by atoms with E-state index in [0.29, 0.717) is 18.4 Å². The molecule has 0 radical (unpaired) electrons. The number of fused-ring (bicyclic) bond motifs is 1. The van der Waals surface area contributed by atoms with Crippen molar-refractivity contribution in [1.29, 1.82) is 0 Å². The van der Waals surface area contributed by atoms with Crippen molar-refractivity contribution in [2.45, 2.75) is 40.2 Å². The molecular formula is C16H19N3O2. The highest BCUT2D eigenvalue weighted by molar-refractivity contribution is 5.89. The summed E-state index contributed by atoms with van der Waals surface area (Å²) in [6.45, 7) is 8.68. The number of aryl methyl sites for hydroxylation is 2. The number of hydrogen-bond donors (Lipinski definition) is 1. The molecule has 3 aromatic rings. The van der Waals surface area contributed by atoms with Crippen LogP contribution in [0.3, 0.4) is 0 Å². The van der Waals surface area contributed by atoms with Gasteiger partial charge in [-0.1, -0.05) is 19.9 Å². The fourth-order valence-electron chi connectivity index (χ4n) is 2.73. The van der Waals surface area contributed by atoms with Crippen LogP contribution in [0, 0.1) is 6.92 Å². The van der Waals surface area contributed by atoms with Crippen molar-refractivity contribution in [3.05, 3.63) is 40.1 Å². The molecule has 1 N–H and O–H groups in total. The van der Waals surface area contributed by atoms with Crippen molar-refractivity contribution in [1.82, 2.24) is 14.5 Å². The van der Waals surface area contributed by atoms with Gasteiger partial charge in [-0.2, -0.15) is 0 Å². The van der Waals surface area contributed by atoms with Gasteiger partial charge in [0.15, 0.2) is 0 Å². The molecule has 0 fully saturated rings. The summed E-state index contributed by atoms with van der Waals surface area (Å²) in [4.78, 5) is 19.5. The molecule has 0 amide bonds. The summed E-state index contributed by atoms with van der Waals surface area (Å²) in [5, 5.41) is 0. The zero-order valence-electron chi connectivity index (χ0n) is 12.7. The highest BCUT2D eigenvalue weighted by Crippen LogP contribution is 2.29. The zero-order valence-corrected chi connectivity index (χ0v) is 12.7. The van der Waals surface area contributed by atoms with Gasteiger partial charge < -0.3 is 9.40 Å². The molecule has 0 aliphatic rings. The average Bonchev–Trinajstić information content (AvgIpc) is 2.97. The Bertz CT molecular complexity index is 852. The standard InChI is InChI=1S/C16H19N3O2/c1-5-19-12-8-6-7-11(14(12)18-16(19)20)15-17-13(9(2)3)10(4)21-15/h6-9H,5H2,1-4H3,(H,18,20). The van der Waals surface area contributed by atoms with Gasteiger partial charge in [0.1, 0.15) is 5.76 Å². The van der Waals surface area contributed by atoms with Crippen LogP contribution < -0.4 is 5.69 Å². The molecule has 0 atom stereocenters. The molecule has 110 valence electrons. The summed E-state index contributed by atoms with van der Waals surface area (Å²) in [5.41, 5.74) is 3.33. The average molecular weight is 285 g/mol. The van der Waals surface area contributed by atoms with Crippen molar-refractivity contribution < 1.29 is 4.42 Å². The van der Waals surface area contributed by atoms with E-state index in [-0.39, 0.29) is 5.69 Å². The van der Waals surface area contributed by atoms with E-state index in [9.17, 15) is 4.79 Å². The van der Waals surface area contributed by atoms with Crippen LogP contribution in [0.15, 0.2) is 27.4 Å². The Morgan fingerprint density at radius 2 is 2.14 bits per heavy atom. The van der Waals surface area contributed by atoms with Gasteiger partial charge in [0.05, 0.1) is 22.3 Å². The van der Waals surface area contributed by atoms with E-state index in [4.69, 9.17) is 4.42 Å². The highest BCUT2D eigenvalue weighted by Gasteiger charge is 2.17.